The van der Waals surface area contributed by atoms with Crippen molar-refractivity contribution in [2.75, 3.05) is 27.4 Å². The summed E-state index contributed by atoms with van der Waals surface area (Å²) < 4.78 is 9.68. The molecule has 2 aromatic rings. The molecule has 1 aliphatic heterocycles. The van der Waals surface area contributed by atoms with E-state index in [9.17, 15) is 4.79 Å². The lowest BCUT2D eigenvalue weighted by atomic mass is 9.73. The molecule has 1 aliphatic rings. The van der Waals surface area contributed by atoms with Crippen LogP contribution in [0.5, 0.6) is 0 Å². The Morgan fingerprint density at radius 1 is 0.952 bits per heavy atom. The van der Waals surface area contributed by atoms with Crippen molar-refractivity contribution in [2.45, 2.75) is 5.41 Å². The molecule has 0 atom stereocenters. The van der Waals surface area contributed by atoms with Crippen molar-refractivity contribution in [2.24, 2.45) is 0 Å². The van der Waals surface area contributed by atoms with Gasteiger partial charge in [-0.15, -0.1) is 0 Å². The van der Waals surface area contributed by atoms with Crippen LogP contribution in [0.15, 0.2) is 54.6 Å². The van der Waals surface area contributed by atoms with E-state index in [2.05, 4.69) is 29.0 Å². The van der Waals surface area contributed by atoms with E-state index in [0.29, 0.717) is 18.8 Å². The Bertz CT molecular complexity index is 557. The third kappa shape index (κ3) is 3.20. The number of carbonyl (C=O) groups is 1. The molecule has 3 nitrogen and oxygen atoms in total. The van der Waals surface area contributed by atoms with Crippen molar-refractivity contribution in [3.8, 4) is 0 Å². The minimum atomic E-state index is -0.0390. The van der Waals surface area contributed by atoms with E-state index in [0.717, 1.165) is 6.29 Å². The van der Waals surface area contributed by atoms with Crippen LogP contribution < -0.4 is 0 Å². The van der Waals surface area contributed by atoms with Gasteiger partial charge in [0, 0.05) is 19.8 Å². The smallest absolute Gasteiger partial charge is 0.150 e. The molecule has 0 aliphatic carbocycles. The maximum Gasteiger partial charge on any atom is 0.150 e. The van der Waals surface area contributed by atoms with E-state index in [4.69, 9.17) is 4.74 Å². The summed E-state index contributed by atoms with van der Waals surface area (Å²) in [5.74, 6) is 0. The largest absolute Gasteiger partial charge is 0.388 e. The lowest BCUT2D eigenvalue weighted by molar-refractivity contribution is -0.0379. The third-order valence-corrected chi connectivity index (χ3v) is 3.62. The quantitative estimate of drug-likeness (QED) is 0.813. The highest BCUT2D eigenvalue weighted by atomic mass is 16.5. The van der Waals surface area contributed by atoms with Crippen LogP contribution in [-0.4, -0.2) is 33.7 Å². The van der Waals surface area contributed by atoms with Crippen LogP contribution in [0.4, 0.5) is 0 Å². The van der Waals surface area contributed by atoms with Crippen LogP contribution in [0.2, 0.25) is 0 Å². The zero-order valence-corrected chi connectivity index (χ0v) is 12.4. The van der Waals surface area contributed by atoms with Crippen molar-refractivity contribution in [3.63, 3.8) is 0 Å². The molecule has 0 spiro atoms. The predicted molar refractivity (Wildman–Crippen MR) is 82.8 cm³/mol. The average molecular weight is 284 g/mol. The highest BCUT2D eigenvalue weighted by Crippen LogP contribution is 2.38. The first-order valence-corrected chi connectivity index (χ1v) is 6.86. The van der Waals surface area contributed by atoms with E-state index in [1.807, 2.05) is 30.3 Å². The number of rotatable bonds is 3. The number of ether oxygens (including phenoxy) is 2. The summed E-state index contributed by atoms with van der Waals surface area (Å²) >= 11 is 0. The Kier molecular flexibility index (Phi) is 5.26. The molecule has 0 amide bonds. The normalized spacial score (nSPS) is 15.3. The van der Waals surface area contributed by atoms with Gasteiger partial charge in [-0.3, -0.25) is 4.79 Å². The first-order chi connectivity index (χ1) is 10.3. The molecule has 3 heteroatoms. The molecular weight excluding hydrogens is 264 g/mol. The first-order valence-electron chi connectivity index (χ1n) is 6.86. The Morgan fingerprint density at radius 3 is 1.90 bits per heavy atom. The molecule has 0 N–H and O–H groups in total. The fourth-order valence-corrected chi connectivity index (χ4v) is 2.44. The molecule has 110 valence electrons. The molecule has 0 unspecified atom stereocenters. The van der Waals surface area contributed by atoms with E-state index in [1.54, 1.807) is 14.2 Å². The summed E-state index contributed by atoms with van der Waals surface area (Å²) in [7, 11) is 3.25. The van der Waals surface area contributed by atoms with Gasteiger partial charge in [0.05, 0.1) is 18.6 Å². The molecule has 0 bridgehead atoms. The maximum atomic E-state index is 10.7. The van der Waals surface area contributed by atoms with Gasteiger partial charge in [0.25, 0.3) is 0 Å². The van der Waals surface area contributed by atoms with Gasteiger partial charge in [0.1, 0.15) is 6.29 Å². The van der Waals surface area contributed by atoms with Crippen LogP contribution >= 0.6 is 0 Å². The maximum absolute atomic E-state index is 10.7. The molecule has 0 radical (unpaired) electrons. The highest BCUT2D eigenvalue weighted by molar-refractivity contribution is 5.74. The summed E-state index contributed by atoms with van der Waals surface area (Å²) in [6.45, 7) is 1.41. The van der Waals surface area contributed by atoms with Crippen LogP contribution in [0.1, 0.15) is 21.5 Å². The molecule has 0 saturated carbocycles. The van der Waals surface area contributed by atoms with Gasteiger partial charge in [-0.1, -0.05) is 54.6 Å². The lowest BCUT2D eigenvalue weighted by Crippen LogP contribution is -2.47. The Labute approximate surface area is 125 Å². The molecule has 0 aromatic heterocycles. The van der Waals surface area contributed by atoms with Crippen LogP contribution in [0.3, 0.4) is 0 Å². The van der Waals surface area contributed by atoms with Crippen LogP contribution in [-0.2, 0) is 14.9 Å². The van der Waals surface area contributed by atoms with Gasteiger partial charge >= 0.3 is 0 Å². The minimum Gasteiger partial charge on any atom is -0.388 e. The van der Waals surface area contributed by atoms with Crippen molar-refractivity contribution < 1.29 is 14.3 Å². The second-order valence-corrected chi connectivity index (χ2v) is 5.09. The van der Waals surface area contributed by atoms with Crippen LogP contribution in [0, 0.1) is 0 Å². The summed E-state index contributed by atoms with van der Waals surface area (Å²) in [4.78, 5) is 10.7. The van der Waals surface area contributed by atoms with E-state index >= 15 is 0 Å². The molecule has 2 aromatic carbocycles. The summed E-state index contributed by atoms with van der Waals surface area (Å²) in [6.07, 6.45) is 0.871. The number of methoxy groups -OCH3 is 1. The molecule has 1 fully saturated rings. The number of aldehydes is 1. The van der Waals surface area contributed by atoms with Gasteiger partial charge in [-0.25, -0.2) is 0 Å². The van der Waals surface area contributed by atoms with Gasteiger partial charge in [-0.2, -0.15) is 0 Å². The number of carbonyl (C=O) groups excluding carboxylic acids is 1. The monoisotopic (exact) mass is 284 g/mol. The first kappa shape index (κ1) is 15.4. The highest BCUT2D eigenvalue weighted by Gasteiger charge is 2.41. The third-order valence-electron chi connectivity index (χ3n) is 3.62. The average Bonchev–Trinajstić information content (AvgIpc) is 2.49. The molecular formula is C18H20O3. The van der Waals surface area contributed by atoms with E-state index < -0.39 is 0 Å². The van der Waals surface area contributed by atoms with E-state index in [1.165, 1.54) is 11.1 Å². The van der Waals surface area contributed by atoms with Gasteiger partial charge in [0.2, 0.25) is 0 Å². The minimum absolute atomic E-state index is 0.0390. The number of hydrogen-bond acceptors (Lipinski definition) is 3. The van der Waals surface area contributed by atoms with E-state index in [-0.39, 0.29) is 5.41 Å². The molecule has 21 heavy (non-hydrogen) atoms. The van der Waals surface area contributed by atoms with Crippen molar-refractivity contribution in [1.82, 2.24) is 0 Å². The second kappa shape index (κ2) is 7.16. The number of benzene rings is 2. The zero-order valence-electron chi connectivity index (χ0n) is 12.4. The van der Waals surface area contributed by atoms with Crippen molar-refractivity contribution >= 4 is 6.29 Å². The standard InChI is InChI=1S/C16H14O2.C2H6O/c17-10-13-6-8-15(9-7-13)16(11-18-12-16)14-4-2-1-3-5-14;1-3-2/h1-10H,11-12H2;1-2H3. The molecule has 1 heterocycles. The Balaban J connectivity index is 0.000000497. The fraction of sp³-hybridized carbons (Fsp3) is 0.278. The number of hydrogen-bond donors (Lipinski definition) is 0. The van der Waals surface area contributed by atoms with Crippen molar-refractivity contribution in [3.05, 3.63) is 71.3 Å². The summed E-state index contributed by atoms with van der Waals surface area (Å²) in [5.41, 5.74) is 3.16. The lowest BCUT2D eigenvalue weighted by Gasteiger charge is -2.42. The Hall–Kier alpha value is -1.97. The van der Waals surface area contributed by atoms with Gasteiger partial charge in [-0.05, 0) is 11.1 Å². The summed E-state index contributed by atoms with van der Waals surface area (Å²) in [5, 5.41) is 0. The zero-order chi connectivity index (χ0) is 15.1. The fourth-order valence-electron chi connectivity index (χ4n) is 2.44. The van der Waals surface area contributed by atoms with Gasteiger partial charge < -0.3 is 9.47 Å². The predicted octanol–water partition coefficient (Wildman–Crippen LogP) is 3.08. The SMILES string of the molecule is COC.O=Cc1ccc(C2(c3ccccc3)COC2)cc1. The second-order valence-electron chi connectivity index (χ2n) is 5.09. The van der Waals surface area contributed by atoms with Gasteiger partial charge in [0.15, 0.2) is 0 Å². The topological polar surface area (TPSA) is 35.5 Å². The molecule has 3 rings (SSSR count). The van der Waals surface area contributed by atoms with Crippen molar-refractivity contribution in [1.29, 1.82) is 0 Å². The molecule has 1 saturated heterocycles. The summed E-state index contributed by atoms with van der Waals surface area (Å²) in [6, 6.07) is 18.2. The Morgan fingerprint density at radius 2 is 1.48 bits per heavy atom. The van der Waals surface area contributed by atoms with Crippen LogP contribution in [0.25, 0.3) is 0 Å².